The van der Waals surface area contributed by atoms with Crippen LogP contribution in [0.2, 0.25) is 0 Å². The van der Waals surface area contributed by atoms with Crippen molar-refractivity contribution in [1.29, 1.82) is 0 Å². The molecule has 0 unspecified atom stereocenters. The fourth-order valence-electron chi connectivity index (χ4n) is 4.74. The van der Waals surface area contributed by atoms with Crippen molar-refractivity contribution in [3.63, 3.8) is 0 Å². The lowest BCUT2D eigenvalue weighted by atomic mass is 10.0. The smallest absolute Gasteiger partial charge is 0.261 e. The molecule has 0 aliphatic carbocycles. The fourth-order valence-corrected chi connectivity index (χ4v) is 4.74. The Morgan fingerprint density at radius 2 is 1.44 bits per heavy atom. The molecule has 3 amide bonds. The minimum Gasteiger partial charge on any atom is -0.494 e. The number of benzene rings is 3. The van der Waals surface area contributed by atoms with E-state index in [1.807, 2.05) is 54.3 Å². The van der Waals surface area contributed by atoms with E-state index in [-0.39, 0.29) is 24.3 Å². The van der Waals surface area contributed by atoms with E-state index in [2.05, 4.69) is 17.0 Å². The van der Waals surface area contributed by atoms with Gasteiger partial charge < -0.3 is 9.64 Å². The van der Waals surface area contributed by atoms with Crippen molar-refractivity contribution >= 4 is 17.7 Å². The highest BCUT2D eigenvalue weighted by atomic mass is 16.5. The van der Waals surface area contributed by atoms with Gasteiger partial charge in [-0.3, -0.25) is 24.2 Å². The minimum atomic E-state index is -0.353. The zero-order valence-electron chi connectivity index (χ0n) is 20.4. The van der Waals surface area contributed by atoms with Crippen LogP contribution in [0.3, 0.4) is 0 Å². The number of ether oxygens (including phenoxy) is 1. The Balaban J connectivity index is 1.20. The summed E-state index contributed by atoms with van der Waals surface area (Å²) in [4.78, 5) is 44.4. The predicted molar refractivity (Wildman–Crippen MR) is 136 cm³/mol. The lowest BCUT2D eigenvalue weighted by Crippen LogP contribution is -2.48. The summed E-state index contributed by atoms with van der Waals surface area (Å²) in [5.41, 5.74) is 3.19. The SMILES string of the molecule is CCOc1ccc(CN2CCN(C(=O)c3ccc4c(c3)C(=O)N(Cc3ccccc3)C4=O)CC2)cc1. The summed E-state index contributed by atoms with van der Waals surface area (Å²) >= 11 is 0. The van der Waals surface area contributed by atoms with E-state index < -0.39 is 0 Å². The van der Waals surface area contributed by atoms with Gasteiger partial charge in [-0.1, -0.05) is 42.5 Å². The van der Waals surface area contributed by atoms with Crippen LogP contribution in [0.5, 0.6) is 5.75 Å². The molecule has 0 bridgehead atoms. The number of fused-ring (bicyclic) bond motifs is 1. The van der Waals surface area contributed by atoms with Crippen molar-refractivity contribution in [2.75, 3.05) is 32.8 Å². The number of nitrogens with zero attached hydrogens (tertiary/aromatic N) is 3. The minimum absolute atomic E-state index is 0.111. The first-order valence-corrected chi connectivity index (χ1v) is 12.3. The van der Waals surface area contributed by atoms with E-state index in [4.69, 9.17) is 4.74 Å². The number of piperazine rings is 1. The Hall–Kier alpha value is -3.97. The van der Waals surface area contributed by atoms with E-state index in [9.17, 15) is 14.4 Å². The molecule has 7 heteroatoms. The molecule has 0 atom stereocenters. The Morgan fingerprint density at radius 3 is 2.14 bits per heavy atom. The highest BCUT2D eigenvalue weighted by Gasteiger charge is 2.36. The maximum absolute atomic E-state index is 13.2. The summed E-state index contributed by atoms with van der Waals surface area (Å²) in [7, 11) is 0. The zero-order valence-corrected chi connectivity index (χ0v) is 20.4. The summed E-state index contributed by atoms with van der Waals surface area (Å²) < 4.78 is 5.51. The van der Waals surface area contributed by atoms with Crippen LogP contribution in [0.15, 0.2) is 72.8 Å². The monoisotopic (exact) mass is 483 g/mol. The number of carbonyl (C=O) groups excluding carboxylic acids is 3. The largest absolute Gasteiger partial charge is 0.494 e. The maximum atomic E-state index is 13.2. The first kappa shape index (κ1) is 23.8. The predicted octanol–water partition coefficient (Wildman–Crippen LogP) is 3.84. The third-order valence-corrected chi connectivity index (χ3v) is 6.70. The van der Waals surface area contributed by atoms with E-state index in [0.29, 0.717) is 36.4 Å². The third kappa shape index (κ3) is 4.88. The third-order valence-electron chi connectivity index (χ3n) is 6.70. The van der Waals surface area contributed by atoms with Gasteiger partial charge in [-0.2, -0.15) is 0 Å². The van der Waals surface area contributed by atoms with Crippen molar-refractivity contribution in [3.05, 3.63) is 101 Å². The Bertz CT molecular complexity index is 1270. The molecule has 3 aromatic carbocycles. The van der Waals surface area contributed by atoms with E-state index in [0.717, 1.165) is 30.9 Å². The van der Waals surface area contributed by atoms with Gasteiger partial charge in [-0.05, 0) is 48.4 Å². The van der Waals surface area contributed by atoms with Crippen LogP contribution in [0.4, 0.5) is 0 Å². The molecule has 1 saturated heterocycles. The normalized spacial score (nSPS) is 15.8. The molecule has 7 nitrogen and oxygen atoms in total. The van der Waals surface area contributed by atoms with Crippen molar-refractivity contribution in [2.45, 2.75) is 20.0 Å². The number of amides is 3. The van der Waals surface area contributed by atoms with Gasteiger partial charge in [0.25, 0.3) is 17.7 Å². The van der Waals surface area contributed by atoms with Crippen LogP contribution in [-0.2, 0) is 13.1 Å². The first-order chi connectivity index (χ1) is 17.5. The number of hydrogen-bond acceptors (Lipinski definition) is 5. The molecule has 0 N–H and O–H groups in total. The van der Waals surface area contributed by atoms with Gasteiger partial charge in [0.2, 0.25) is 0 Å². The Morgan fingerprint density at radius 1 is 0.778 bits per heavy atom. The second-order valence-electron chi connectivity index (χ2n) is 9.09. The lowest BCUT2D eigenvalue weighted by molar-refractivity contribution is 0.0625. The van der Waals surface area contributed by atoms with Gasteiger partial charge in [0.05, 0.1) is 24.3 Å². The molecular weight excluding hydrogens is 454 g/mol. The first-order valence-electron chi connectivity index (χ1n) is 12.3. The van der Waals surface area contributed by atoms with E-state index >= 15 is 0 Å². The van der Waals surface area contributed by atoms with Crippen molar-refractivity contribution < 1.29 is 19.1 Å². The van der Waals surface area contributed by atoms with Crippen molar-refractivity contribution in [3.8, 4) is 5.75 Å². The second kappa shape index (κ2) is 10.3. The summed E-state index contributed by atoms with van der Waals surface area (Å²) in [6, 6.07) is 22.4. The number of imide groups is 1. The summed E-state index contributed by atoms with van der Waals surface area (Å²) in [5.74, 6) is 0.0871. The van der Waals surface area contributed by atoms with Crippen LogP contribution in [-0.4, -0.2) is 65.2 Å². The zero-order chi connectivity index (χ0) is 25.1. The molecule has 0 aromatic heterocycles. The van der Waals surface area contributed by atoms with Crippen LogP contribution in [0, 0.1) is 0 Å². The average Bonchev–Trinajstić information content (AvgIpc) is 3.15. The molecule has 0 spiro atoms. The standard InChI is InChI=1S/C29H29N3O4/c1-2-36-24-11-8-22(9-12-24)19-30-14-16-31(17-15-30)27(33)23-10-13-25-26(18-23)29(35)32(28(25)34)20-21-6-4-3-5-7-21/h3-13,18H,2,14-17,19-20H2,1H3. The highest BCUT2D eigenvalue weighted by Crippen LogP contribution is 2.26. The molecule has 36 heavy (non-hydrogen) atoms. The van der Waals surface area contributed by atoms with Crippen LogP contribution in [0.1, 0.15) is 49.1 Å². The molecule has 0 saturated carbocycles. The quantitative estimate of drug-likeness (QED) is 0.478. The molecule has 184 valence electrons. The van der Waals surface area contributed by atoms with Crippen LogP contribution in [0.25, 0.3) is 0 Å². The molecule has 1 fully saturated rings. The number of hydrogen-bond donors (Lipinski definition) is 0. The van der Waals surface area contributed by atoms with Crippen LogP contribution >= 0.6 is 0 Å². The van der Waals surface area contributed by atoms with E-state index in [1.54, 1.807) is 18.2 Å². The van der Waals surface area contributed by atoms with Gasteiger partial charge >= 0.3 is 0 Å². The van der Waals surface area contributed by atoms with Crippen molar-refractivity contribution in [2.24, 2.45) is 0 Å². The van der Waals surface area contributed by atoms with Crippen molar-refractivity contribution in [1.82, 2.24) is 14.7 Å². The van der Waals surface area contributed by atoms with Gasteiger partial charge in [0.1, 0.15) is 5.75 Å². The Labute approximate surface area is 210 Å². The average molecular weight is 484 g/mol. The molecule has 2 aliphatic heterocycles. The summed E-state index contributed by atoms with van der Waals surface area (Å²) in [6.07, 6.45) is 0. The van der Waals surface area contributed by atoms with Gasteiger partial charge in [-0.15, -0.1) is 0 Å². The molecular formula is C29H29N3O4. The molecule has 2 aliphatic rings. The lowest BCUT2D eigenvalue weighted by Gasteiger charge is -2.34. The molecule has 3 aromatic rings. The number of rotatable bonds is 7. The van der Waals surface area contributed by atoms with E-state index in [1.165, 1.54) is 10.5 Å². The summed E-state index contributed by atoms with van der Waals surface area (Å²) in [6.45, 7) is 6.41. The van der Waals surface area contributed by atoms with Gasteiger partial charge in [0.15, 0.2) is 0 Å². The summed E-state index contributed by atoms with van der Waals surface area (Å²) in [5, 5.41) is 0. The molecule has 5 rings (SSSR count). The molecule has 0 radical (unpaired) electrons. The van der Waals surface area contributed by atoms with Gasteiger partial charge in [0, 0.05) is 38.3 Å². The fraction of sp³-hybridized carbons (Fsp3) is 0.276. The van der Waals surface area contributed by atoms with Crippen LogP contribution < -0.4 is 4.74 Å². The topological polar surface area (TPSA) is 70.2 Å². The number of carbonyl (C=O) groups is 3. The molecule has 2 heterocycles. The maximum Gasteiger partial charge on any atom is 0.261 e. The second-order valence-corrected chi connectivity index (χ2v) is 9.09. The van der Waals surface area contributed by atoms with Gasteiger partial charge in [-0.25, -0.2) is 0 Å². The highest BCUT2D eigenvalue weighted by molar-refractivity contribution is 6.22. The Kier molecular flexibility index (Phi) is 6.82.